The molecule has 0 radical (unpaired) electrons. The molecule has 5 nitrogen and oxygen atoms in total. The zero-order valence-electron chi connectivity index (χ0n) is 14.7. The predicted octanol–water partition coefficient (Wildman–Crippen LogP) is 3.95. The van der Waals surface area contributed by atoms with Gasteiger partial charge in [0, 0.05) is 31.6 Å². The smallest absolute Gasteiger partial charge is 0.142 e. The van der Waals surface area contributed by atoms with Crippen molar-refractivity contribution in [1.82, 2.24) is 4.98 Å². The molecule has 2 aliphatic heterocycles. The number of rotatable bonds is 4. The van der Waals surface area contributed by atoms with Gasteiger partial charge in [-0.25, -0.2) is 9.37 Å². The summed E-state index contributed by atoms with van der Waals surface area (Å²) in [5.41, 5.74) is 2.79. The Labute approximate surface area is 152 Å². The molecule has 1 saturated heterocycles. The van der Waals surface area contributed by atoms with Gasteiger partial charge in [0.25, 0.3) is 0 Å². The van der Waals surface area contributed by atoms with Gasteiger partial charge in [-0.2, -0.15) is 0 Å². The number of halogens is 1. The molecule has 0 bridgehead atoms. The van der Waals surface area contributed by atoms with E-state index < -0.39 is 0 Å². The van der Waals surface area contributed by atoms with Gasteiger partial charge in [0.05, 0.1) is 5.71 Å². The van der Waals surface area contributed by atoms with E-state index in [4.69, 9.17) is 9.82 Å². The molecule has 0 unspecified atom stereocenters. The average Bonchev–Trinajstić information content (AvgIpc) is 2.70. The lowest BCUT2D eigenvalue weighted by molar-refractivity contribution is 0.130. The normalized spacial score (nSPS) is 18.3. The van der Waals surface area contributed by atoms with Gasteiger partial charge in [0.2, 0.25) is 0 Å². The average molecular weight is 354 g/mol. The molecular weight excluding hydrogens is 331 g/mol. The first kappa shape index (κ1) is 16.8. The summed E-state index contributed by atoms with van der Waals surface area (Å²) in [6.07, 6.45) is 4.56. The molecule has 2 aliphatic rings. The van der Waals surface area contributed by atoms with Gasteiger partial charge in [-0.05, 0) is 49.1 Å². The molecule has 4 rings (SSSR count). The fourth-order valence-electron chi connectivity index (χ4n) is 3.41. The second-order valence-electron chi connectivity index (χ2n) is 6.73. The summed E-state index contributed by atoms with van der Waals surface area (Å²) in [6.45, 7) is 3.27. The lowest BCUT2D eigenvalue weighted by Gasteiger charge is -2.29. The minimum absolute atomic E-state index is 0.247. The van der Waals surface area contributed by atoms with Crippen molar-refractivity contribution >= 4 is 17.3 Å². The number of aromatic nitrogens is 1. The fraction of sp³-hybridized carbons (Fsp3) is 0.400. The molecule has 1 fully saturated rings. The molecule has 1 aromatic carbocycles. The van der Waals surface area contributed by atoms with E-state index in [0.29, 0.717) is 6.61 Å². The Balaban J connectivity index is 1.46. The van der Waals surface area contributed by atoms with E-state index in [-0.39, 0.29) is 5.82 Å². The first-order chi connectivity index (χ1) is 12.8. The number of anilines is 2. The Morgan fingerprint density at radius 3 is 2.69 bits per heavy atom. The van der Waals surface area contributed by atoms with E-state index in [1.807, 2.05) is 0 Å². The highest BCUT2D eigenvalue weighted by atomic mass is 19.1. The van der Waals surface area contributed by atoms with Crippen molar-refractivity contribution < 1.29 is 9.23 Å². The van der Waals surface area contributed by atoms with Crippen molar-refractivity contribution in [2.45, 2.75) is 32.3 Å². The minimum Gasteiger partial charge on any atom is -0.391 e. The van der Waals surface area contributed by atoms with Crippen molar-refractivity contribution in [1.29, 1.82) is 0 Å². The van der Waals surface area contributed by atoms with Crippen LogP contribution in [0.25, 0.3) is 0 Å². The molecule has 0 saturated carbocycles. The summed E-state index contributed by atoms with van der Waals surface area (Å²) in [6, 6.07) is 10.4. The second kappa shape index (κ2) is 7.72. The monoisotopic (exact) mass is 354 g/mol. The largest absolute Gasteiger partial charge is 0.391 e. The number of pyridine rings is 1. The number of nitrogens with zero attached hydrogens (tertiary/aromatic N) is 3. The Kier molecular flexibility index (Phi) is 5.00. The molecule has 3 heterocycles. The molecule has 1 aromatic heterocycles. The third-order valence-corrected chi connectivity index (χ3v) is 4.84. The maximum Gasteiger partial charge on any atom is 0.142 e. The molecule has 2 aromatic rings. The van der Waals surface area contributed by atoms with Crippen molar-refractivity contribution in [3.8, 4) is 0 Å². The highest BCUT2D eigenvalue weighted by molar-refractivity contribution is 6.05. The lowest BCUT2D eigenvalue weighted by atomic mass is 10.0. The van der Waals surface area contributed by atoms with Crippen LogP contribution in [0.4, 0.5) is 16.0 Å². The van der Waals surface area contributed by atoms with Crippen LogP contribution in [0.1, 0.15) is 36.8 Å². The highest BCUT2D eigenvalue weighted by Crippen LogP contribution is 2.26. The van der Waals surface area contributed by atoms with Crippen LogP contribution in [0, 0.1) is 5.82 Å². The highest BCUT2D eigenvalue weighted by Gasteiger charge is 2.20. The molecule has 1 N–H and O–H groups in total. The van der Waals surface area contributed by atoms with Crippen LogP contribution in [-0.2, 0) is 11.4 Å². The summed E-state index contributed by atoms with van der Waals surface area (Å²) in [4.78, 5) is 12.7. The second-order valence-corrected chi connectivity index (χ2v) is 6.73. The maximum absolute atomic E-state index is 12.9. The number of nitrogens with one attached hydrogen (secondary N) is 1. The number of oxime groups is 1. The Hall–Kier alpha value is -2.63. The number of fused-ring (bicyclic) bond motifs is 1. The van der Waals surface area contributed by atoms with Gasteiger partial charge in [-0.15, -0.1) is 0 Å². The van der Waals surface area contributed by atoms with Gasteiger partial charge >= 0.3 is 0 Å². The van der Waals surface area contributed by atoms with Crippen LogP contribution >= 0.6 is 0 Å². The SMILES string of the molecule is Fc1ccc(CO/N=C2\CCNc3nc(N4CCCCC4)ccc32)cc1. The van der Waals surface area contributed by atoms with Gasteiger partial charge in [-0.3, -0.25) is 0 Å². The van der Waals surface area contributed by atoms with Crippen molar-refractivity contribution in [3.05, 3.63) is 53.3 Å². The summed E-state index contributed by atoms with van der Waals surface area (Å²) >= 11 is 0. The van der Waals surface area contributed by atoms with Gasteiger partial charge in [0.1, 0.15) is 24.1 Å². The molecule has 6 heteroatoms. The van der Waals surface area contributed by atoms with Gasteiger partial charge in [-0.1, -0.05) is 17.3 Å². The standard InChI is InChI=1S/C20H23FN4O/c21-16-6-4-15(5-7-16)14-26-24-18-10-11-22-20-17(18)8-9-19(23-20)25-12-2-1-3-13-25/h4-9H,1-3,10-14H2,(H,22,23)/b24-18+. The third-order valence-electron chi connectivity index (χ3n) is 4.84. The van der Waals surface area contributed by atoms with Crippen LogP contribution in [0.2, 0.25) is 0 Å². The number of piperidine rings is 1. The van der Waals surface area contributed by atoms with Crippen molar-refractivity contribution in [3.63, 3.8) is 0 Å². The first-order valence-corrected chi connectivity index (χ1v) is 9.23. The summed E-state index contributed by atoms with van der Waals surface area (Å²) in [5, 5.41) is 7.68. The van der Waals surface area contributed by atoms with Crippen LogP contribution in [0.5, 0.6) is 0 Å². The van der Waals surface area contributed by atoms with Crippen molar-refractivity contribution in [2.75, 3.05) is 29.9 Å². The Bertz CT molecular complexity index is 785. The minimum atomic E-state index is -0.247. The lowest BCUT2D eigenvalue weighted by Crippen LogP contribution is -2.31. The maximum atomic E-state index is 12.9. The molecule has 26 heavy (non-hydrogen) atoms. The predicted molar refractivity (Wildman–Crippen MR) is 101 cm³/mol. The van der Waals surface area contributed by atoms with Gasteiger partial charge in [0.15, 0.2) is 0 Å². The van der Waals surface area contributed by atoms with Crippen molar-refractivity contribution in [2.24, 2.45) is 5.16 Å². The number of hydrogen-bond donors (Lipinski definition) is 1. The summed E-state index contributed by atoms with van der Waals surface area (Å²) in [7, 11) is 0. The quantitative estimate of drug-likeness (QED) is 0.845. The topological polar surface area (TPSA) is 49.8 Å². The first-order valence-electron chi connectivity index (χ1n) is 9.23. The van der Waals surface area contributed by atoms with E-state index >= 15 is 0 Å². The molecule has 0 aliphatic carbocycles. The zero-order valence-corrected chi connectivity index (χ0v) is 14.7. The van der Waals surface area contributed by atoms with Crippen LogP contribution in [0.3, 0.4) is 0 Å². The fourth-order valence-corrected chi connectivity index (χ4v) is 3.41. The third kappa shape index (κ3) is 3.79. The molecular formula is C20H23FN4O. The molecule has 0 amide bonds. The molecule has 136 valence electrons. The van der Waals surface area contributed by atoms with Crippen LogP contribution in [-0.4, -0.2) is 30.3 Å². The van der Waals surface area contributed by atoms with E-state index in [1.165, 1.54) is 31.4 Å². The van der Waals surface area contributed by atoms with Crippen LogP contribution in [0.15, 0.2) is 41.6 Å². The van der Waals surface area contributed by atoms with E-state index in [9.17, 15) is 4.39 Å². The number of hydrogen-bond acceptors (Lipinski definition) is 5. The Morgan fingerprint density at radius 2 is 1.88 bits per heavy atom. The zero-order chi connectivity index (χ0) is 17.8. The Morgan fingerprint density at radius 1 is 1.08 bits per heavy atom. The van der Waals surface area contributed by atoms with Gasteiger partial charge < -0.3 is 15.1 Å². The van der Waals surface area contributed by atoms with Crippen LogP contribution < -0.4 is 10.2 Å². The molecule has 0 atom stereocenters. The molecule has 0 spiro atoms. The number of benzene rings is 1. The van der Waals surface area contributed by atoms with E-state index in [1.54, 1.807) is 12.1 Å². The van der Waals surface area contributed by atoms with E-state index in [2.05, 4.69) is 27.5 Å². The summed E-state index contributed by atoms with van der Waals surface area (Å²) < 4.78 is 12.9. The van der Waals surface area contributed by atoms with E-state index in [0.717, 1.165) is 54.5 Å². The summed E-state index contributed by atoms with van der Waals surface area (Å²) in [5.74, 6) is 1.66.